The fraction of sp³-hybridized carbons (Fsp3) is 0.294. The molecule has 9 heteroatoms. The van der Waals surface area contributed by atoms with Crippen molar-refractivity contribution in [2.24, 2.45) is 0 Å². The van der Waals surface area contributed by atoms with Gasteiger partial charge in [0.15, 0.2) is 0 Å². The zero-order valence-corrected chi connectivity index (χ0v) is 14.3. The number of aryl methyl sites for hydroxylation is 1. The van der Waals surface area contributed by atoms with E-state index in [9.17, 15) is 9.82 Å². The molecule has 0 radical (unpaired) electrons. The Kier molecular flexibility index (Phi) is 5.16. The number of nitriles is 1. The Balaban J connectivity index is 1.86. The van der Waals surface area contributed by atoms with Gasteiger partial charge in [0.25, 0.3) is 0 Å². The van der Waals surface area contributed by atoms with Gasteiger partial charge in [0.1, 0.15) is 23.8 Å². The molecule has 0 saturated heterocycles. The first kappa shape index (κ1) is 17.9. The van der Waals surface area contributed by atoms with Crippen LogP contribution in [0.2, 0.25) is 0 Å². The number of esters is 1. The van der Waals surface area contributed by atoms with Gasteiger partial charge in [-0.15, -0.1) is 0 Å². The monoisotopic (exact) mass is 353 g/mol. The Hall–Kier alpha value is -2.96. The topological polar surface area (TPSA) is 115 Å². The number of ether oxygens (including phenoxy) is 2. The van der Waals surface area contributed by atoms with Crippen LogP contribution in [0.3, 0.4) is 0 Å². The molecule has 1 atom stereocenters. The number of hydrogen-bond donors (Lipinski definition) is 1. The van der Waals surface area contributed by atoms with Crippen LogP contribution in [0.1, 0.15) is 36.3 Å². The van der Waals surface area contributed by atoms with E-state index in [2.05, 4.69) is 9.97 Å². The predicted octanol–water partition coefficient (Wildman–Crippen LogP) is 1.16. The van der Waals surface area contributed by atoms with Gasteiger partial charge in [0, 0.05) is 6.07 Å². The van der Waals surface area contributed by atoms with E-state index in [-0.39, 0.29) is 30.6 Å². The first-order valence-electron chi connectivity index (χ1n) is 8.05. The van der Waals surface area contributed by atoms with Gasteiger partial charge in [0.2, 0.25) is 5.88 Å². The Morgan fingerprint density at radius 3 is 2.96 bits per heavy atom. The lowest BCUT2D eigenvalue weighted by Crippen LogP contribution is -2.28. The minimum absolute atomic E-state index is 0.0242. The average Bonchev–Trinajstić information content (AvgIpc) is 2.91. The molecule has 1 aromatic heterocycles. The second kappa shape index (κ2) is 7.51. The number of benzene rings is 1. The quantitative estimate of drug-likeness (QED) is 0.629. The zero-order valence-electron chi connectivity index (χ0n) is 14.3. The summed E-state index contributed by atoms with van der Waals surface area (Å²) < 4.78 is 16.1. The number of fused-ring (bicyclic) bond motifs is 1. The van der Waals surface area contributed by atoms with E-state index in [4.69, 9.17) is 19.4 Å². The first-order valence-corrected chi connectivity index (χ1v) is 8.05. The van der Waals surface area contributed by atoms with Gasteiger partial charge in [0.05, 0.1) is 19.1 Å². The highest BCUT2D eigenvalue weighted by atomic mass is 16.5. The lowest BCUT2D eigenvalue weighted by atomic mass is 9.77. The van der Waals surface area contributed by atoms with Crippen molar-refractivity contribution in [3.8, 4) is 17.7 Å². The highest BCUT2D eigenvalue weighted by Crippen LogP contribution is 2.33. The lowest BCUT2D eigenvalue weighted by Gasteiger charge is -2.14. The summed E-state index contributed by atoms with van der Waals surface area (Å²) in [6, 6.07) is 6.72. The molecule has 3 rings (SSSR count). The molecule has 0 spiro atoms. The predicted molar refractivity (Wildman–Crippen MR) is 90.7 cm³/mol. The molecule has 132 valence electrons. The Bertz CT molecular complexity index is 883. The van der Waals surface area contributed by atoms with Crippen LogP contribution in [-0.2, 0) is 14.2 Å². The van der Waals surface area contributed by atoms with Crippen LogP contribution in [0.5, 0.6) is 11.6 Å². The molecule has 0 saturated carbocycles. The third kappa shape index (κ3) is 3.66. The third-order valence-corrected chi connectivity index (χ3v) is 3.91. The molecule has 0 aliphatic carbocycles. The van der Waals surface area contributed by atoms with Crippen LogP contribution in [0, 0.1) is 18.3 Å². The van der Waals surface area contributed by atoms with Crippen LogP contribution < -0.4 is 10.2 Å². The van der Waals surface area contributed by atoms with Crippen molar-refractivity contribution in [3.05, 3.63) is 41.3 Å². The number of aromatic nitrogens is 2. The first-order chi connectivity index (χ1) is 12.5. The number of nitrogens with zero attached hydrogens (tertiary/aromatic N) is 3. The highest BCUT2D eigenvalue weighted by molar-refractivity contribution is 6.62. The molecule has 1 aliphatic heterocycles. The summed E-state index contributed by atoms with van der Waals surface area (Å²) in [6.45, 7) is 3.86. The SMILES string of the molecule is CCOC(=O)CC1OB(O)c2cc(Oc3cc(C#N)ncn3)cc(C)c21. The van der Waals surface area contributed by atoms with Gasteiger partial charge in [-0.25, -0.2) is 9.97 Å². The standard InChI is InChI=1S/C17H16BN3O5/c1-3-24-16(22)7-14-17-10(2)4-12(6-13(17)18(23)26-14)25-15-5-11(8-19)20-9-21-15/h4-6,9,14,23H,3,7H2,1-2H3. The minimum atomic E-state index is -1.16. The van der Waals surface area contributed by atoms with Gasteiger partial charge >= 0.3 is 13.1 Å². The summed E-state index contributed by atoms with van der Waals surface area (Å²) in [5.74, 6) is 0.262. The molecular weight excluding hydrogens is 337 g/mol. The molecule has 1 N–H and O–H groups in total. The number of carbonyl (C=O) groups is 1. The second-order valence-electron chi connectivity index (χ2n) is 5.68. The normalized spacial score (nSPS) is 15.3. The van der Waals surface area contributed by atoms with Crippen molar-refractivity contribution < 1.29 is 23.9 Å². The van der Waals surface area contributed by atoms with Gasteiger partial charge in [-0.2, -0.15) is 5.26 Å². The average molecular weight is 353 g/mol. The number of carbonyl (C=O) groups excluding carboxylic acids is 1. The Labute approximate surface area is 150 Å². The maximum atomic E-state index is 11.7. The third-order valence-electron chi connectivity index (χ3n) is 3.91. The summed E-state index contributed by atoms with van der Waals surface area (Å²) in [5.41, 5.74) is 2.27. The van der Waals surface area contributed by atoms with E-state index in [0.717, 1.165) is 11.1 Å². The van der Waals surface area contributed by atoms with E-state index in [1.807, 2.05) is 13.0 Å². The van der Waals surface area contributed by atoms with Crippen LogP contribution in [0.4, 0.5) is 0 Å². The van der Waals surface area contributed by atoms with Crippen LogP contribution in [0.15, 0.2) is 24.5 Å². The maximum absolute atomic E-state index is 11.7. The molecule has 2 aromatic rings. The van der Waals surface area contributed by atoms with Crippen molar-refractivity contribution in [2.45, 2.75) is 26.4 Å². The number of rotatable bonds is 5. The van der Waals surface area contributed by atoms with Crippen molar-refractivity contribution in [1.82, 2.24) is 9.97 Å². The molecular formula is C17H16BN3O5. The molecule has 2 heterocycles. The fourth-order valence-corrected chi connectivity index (χ4v) is 2.89. The van der Waals surface area contributed by atoms with E-state index in [1.54, 1.807) is 19.1 Å². The van der Waals surface area contributed by atoms with Crippen LogP contribution >= 0.6 is 0 Å². The van der Waals surface area contributed by atoms with Crippen molar-refractivity contribution in [2.75, 3.05) is 6.61 Å². The molecule has 26 heavy (non-hydrogen) atoms. The summed E-state index contributed by atoms with van der Waals surface area (Å²) in [6.07, 6.45) is 0.690. The van der Waals surface area contributed by atoms with E-state index in [0.29, 0.717) is 11.2 Å². The van der Waals surface area contributed by atoms with Crippen molar-refractivity contribution >= 4 is 18.6 Å². The lowest BCUT2D eigenvalue weighted by molar-refractivity contribution is -0.145. The highest BCUT2D eigenvalue weighted by Gasteiger charge is 2.38. The fourth-order valence-electron chi connectivity index (χ4n) is 2.89. The van der Waals surface area contributed by atoms with Crippen molar-refractivity contribution in [1.29, 1.82) is 5.26 Å². The van der Waals surface area contributed by atoms with E-state index in [1.165, 1.54) is 12.4 Å². The maximum Gasteiger partial charge on any atom is 0.492 e. The molecule has 0 amide bonds. The summed E-state index contributed by atoms with van der Waals surface area (Å²) in [5, 5.41) is 19.1. The van der Waals surface area contributed by atoms with Gasteiger partial charge in [-0.05, 0) is 42.6 Å². The summed E-state index contributed by atoms with van der Waals surface area (Å²) in [4.78, 5) is 19.5. The van der Waals surface area contributed by atoms with Crippen LogP contribution in [0.25, 0.3) is 0 Å². The van der Waals surface area contributed by atoms with Crippen LogP contribution in [-0.4, -0.2) is 34.7 Å². The molecule has 1 aliphatic rings. The number of hydrogen-bond acceptors (Lipinski definition) is 8. The zero-order chi connectivity index (χ0) is 18.7. The second-order valence-corrected chi connectivity index (χ2v) is 5.68. The minimum Gasteiger partial charge on any atom is -0.466 e. The smallest absolute Gasteiger partial charge is 0.466 e. The summed E-state index contributed by atoms with van der Waals surface area (Å²) in [7, 11) is -1.16. The largest absolute Gasteiger partial charge is 0.492 e. The molecule has 0 fully saturated rings. The van der Waals surface area contributed by atoms with Gasteiger partial charge in [-0.3, -0.25) is 4.79 Å². The molecule has 1 unspecified atom stereocenters. The Morgan fingerprint density at radius 2 is 2.23 bits per heavy atom. The Morgan fingerprint density at radius 1 is 1.42 bits per heavy atom. The molecule has 1 aromatic carbocycles. The molecule has 8 nitrogen and oxygen atoms in total. The molecule has 0 bridgehead atoms. The van der Waals surface area contributed by atoms with Crippen molar-refractivity contribution in [3.63, 3.8) is 0 Å². The van der Waals surface area contributed by atoms with E-state index < -0.39 is 13.2 Å². The van der Waals surface area contributed by atoms with Gasteiger partial charge in [-0.1, -0.05) is 0 Å². The van der Waals surface area contributed by atoms with Gasteiger partial charge < -0.3 is 19.2 Å². The van der Waals surface area contributed by atoms with E-state index >= 15 is 0 Å². The summed E-state index contributed by atoms with van der Waals surface area (Å²) >= 11 is 0.